The fraction of sp³-hybridized carbons (Fsp3) is 0.917. The van der Waals surface area contributed by atoms with Crippen molar-refractivity contribution < 1.29 is 14.3 Å². The van der Waals surface area contributed by atoms with E-state index in [4.69, 9.17) is 15.2 Å². The van der Waals surface area contributed by atoms with Gasteiger partial charge in [-0.1, -0.05) is 0 Å². The molecule has 1 rings (SSSR count). The minimum atomic E-state index is -0.487. The molecule has 1 unspecified atom stereocenters. The van der Waals surface area contributed by atoms with Crippen LogP contribution in [0.3, 0.4) is 0 Å². The zero-order valence-electron chi connectivity index (χ0n) is 11.9. The topological polar surface area (TPSA) is 64.8 Å². The highest BCUT2D eigenvalue weighted by atomic mass is 35.5. The Morgan fingerprint density at radius 1 is 1.50 bits per heavy atom. The monoisotopic (exact) mass is 280 g/mol. The maximum Gasteiger partial charge on any atom is 0.410 e. The van der Waals surface area contributed by atoms with Crippen molar-refractivity contribution in [2.24, 2.45) is 5.73 Å². The molecule has 0 bridgehead atoms. The molecule has 1 aliphatic heterocycles. The number of carbonyl (C=O) groups is 1. The van der Waals surface area contributed by atoms with Gasteiger partial charge in [-0.3, -0.25) is 4.90 Å². The van der Waals surface area contributed by atoms with Gasteiger partial charge in [0.15, 0.2) is 0 Å². The van der Waals surface area contributed by atoms with Gasteiger partial charge in [-0.15, -0.1) is 12.4 Å². The fourth-order valence-electron chi connectivity index (χ4n) is 1.73. The summed E-state index contributed by atoms with van der Waals surface area (Å²) >= 11 is 0. The minimum absolute atomic E-state index is 0. The number of morpholine rings is 1. The third kappa shape index (κ3) is 5.00. The molecule has 1 fully saturated rings. The molecule has 1 amide bonds. The molecule has 6 heteroatoms. The van der Waals surface area contributed by atoms with E-state index >= 15 is 0 Å². The van der Waals surface area contributed by atoms with Crippen molar-refractivity contribution in [1.82, 2.24) is 4.90 Å². The number of hydrogen-bond acceptors (Lipinski definition) is 4. The van der Waals surface area contributed by atoms with Gasteiger partial charge in [0, 0.05) is 6.54 Å². The van der Waals surface area contributed by atoms with E-state index in [1.54, 1.807) is 4.90 Å². The molecule has 0 aromatic carbocycles. The first kappa shape index (κ1) is 17.5. The Morgan fingerprint density at radius 2 is 2.06 bits per heavy atom. The van der Waals surface area contributed by atoms with Crippen LogP contribution in [0.25, 0.3) is 0 Å². The van der Waals surface area contributed by atoms with Crippen LogP contribution in [0.15, 0.2) is 0 Å². The Kier molecular flexibility index (Phi) is 5.91. The van der Waals surface area contributed by atoms with Gasteiger partial charge in [0.25, 0.3) is 0 Å². The predicted octanol–water partition coefficient (Wildman–Crippen LogP) is 1.78. The third-order valence-electron chi connectivity index (χ3n) is 2.56. The fourth-order valence-corrected chi connectivity index (χ4v) is 1.73. The molecule has 1 aliphatic rings. The molecular weight excluding hydrogens is 256 g/mol. The molecule has 5 nitrogen and oxygen atoms in total. The van der Waals surface area contributed by atoms with Crippen molar-refractivity contribution in [3.05, 3.63) is 0 Å². The molecular formula is C12H25ClN2O3. The summed E-state index contributed by atoms with van der Waals surface area (Å²) < 4.78 is 11.0. The summed E-state index contributed by atoms with van der Waals surface area (Å²) in [4.78, 5) is 13.7. The Morgan fingerprint density at radius 3 is 2.50 bits per heavy atom. The second-order valence-electron chi connectivity index (χ2n) is 6.07. The first-order chi connectivity index (χ1) is 7.64. The second kappa shape index (κ2) is 6.08. The lowest BCUT2D eigenvalue weighted by Gasteiger charge is -2.43. The summed E-state index contributed by atoms with van der Waals surface area (Å²) in [6.45, 7) is 10.8. The molecule has 2 N–H and O–H groups in total. The number of ether oxygens (including phenoxy) is 2. The Labute approximate surface area is 115 Å². The van der Waals surface area contributed by atoms with Crippen LogP contribution in [0, 0.1) is 0 Å². The summed E-state index contributed by atoms with van der Waals surface area (Å²) in [5, 5.41) is 0. The molecule has 18 heavy (non-hydrogen) atoms. The van der Waals surface area contributed by atoms with Crippen molar-refractivity contribution in [1.29, 1.82) is 0 Å². The first-order valence-electron chi connectivity index (χ1n) is 5.98. The molecule has 0 spiro atoms. The molecule has 0 aromatic heterocycles. The number of hydrogen-bond donors (Lipinski definition) is 1. The maximum atomic E-state index is 12.1. The van der Waals surface area contributed by atoms with Crippen molar-refractivity contribution in [2.45, 2.75) is 51.9 Å². The number of halogens is 1. The van der Waals surface area contributed by atoms with Crippen molar-refractivity contribution in [3.63, 3.8) is 0 Å². The van der Waals surface area contributed by atoms with E-state index in [0.717, 1.165) is 0 Å². The standard InChI is InChI=1S/C12H24N2O3.ClH/c1-11(2,3)17-10(15)14-8-12(4,5)16-7-9(14)6-13;/h9H,6-8,13H2,1-5H3;1H. The van der Waals surface area contributed by atoms with Crippen molar-refractivity contribution in [3.8, 4) is 0 Å². The number of nitrogens with two attached hydrogens (primary N) is 1. The average Bonchev–Trinajstić information content (AvgIpc) is 2.13. The molecule has 1 saturated heterocycles. The van der Waals surface area contributed by atoms with Crippen LogP contribution in [0.2, 0.25) is 0 Å². The zero-order chi connectivity index (χ0) is 13.3. The van der Waals surface area contributed by atoms with Crippen LogP contribution in [-0.4, -0.2) is 47.9 Å². The summed E-state index contributed by atoms with van der Waals surface area (Å²) in [6.07, 6.45) is -0.315. The number of rotatable bonds is 1. The van der Waals surface area contributed by atoms with Crippen LogP contribution < -0.4 is 5.73 Å². The Bertz CT molecular complexity index is 290. The summed E-state index contributed by atoms with van der Waals surface area (Å²) in [5.74, 6) is 0. The van der Waals surface area contributed by atoms with E-state index in [-0.39, 0.29) is 30.1 Å². The average molecular weight is 281 g/mol. The smallest absolute Gasteiger partial charge is 0.410 e. The summed E-state index contributed by atoms with van der Waals surface area (Å²) in [7, 11) is 0. The van der Waals surface area contributed by atoms with Crippen molar-refractivity contribution in [2.75, 3.05) is 19.7 Å². The van der Waals surface area contributed by atoms with Gasteiger partial charge in [0.05, 0.1) is 24.8 Å². The molecule has 1 atom stereocenters. The highest BCUT2D eigenvalue weighted by Gasteiger charge is 2.37. The SMILES string of the molecule is CC(C)(C)OC(=O)N1CC(C)(C)OCC1CN.Cl. The summed E-state index contributed by atoms with van der Waals surface area (Å²) in [5.41, 5.74) is 4.82. The van der Waals surface area contributed by atoms with Gasteiger partial charge in [0.2, 0.25) is 0 Å². The number of nitrogens with zero attached hydrogens (tertiary/aromatic N) is 1. The lowest BCUT2D eigenvalue weighted by molar-refractivity contribution is -0.111. The van der Waals surface area contributed by atoms with Crippen LogP contribution >= 0.6 is 12.4 Å². The zero-order valence-corrected chi connectivity index (χ0v) is 12.7. The molecule has 1 heterocycles. The lowest BCUT2D eigenvalue weighted by atomic mass is 10.0. The third-order valence-corrected chi connectivity index (χ3v) is 2.56. The predicted molar refractivity (Wildman–Crippen MR) is 73.1 cm³/mol. The van der Waals surface area contributed by atoms with Crippen LogP contribution in [-0.2, 0) is 9.47 Å². The largest absolute Gasteiger partial charge is 0.444 e. The molecule has 0 aromatic rings. The maximum absolute atomic E-state index is 12.1. The van der Waals surface area contributed by atoms with Crippen LogP contribution in [0.1, 0.15) is 34.6 Å². The molecule has 0 radical (unpaired) electrons. The van der Waals surface area contributed by atoms with Gasteiger partial charge >= 0.3 is 6.09 Å². The van der Waals surface area contributed by atoms with Crippen LogP contribution in [0.4, 0.5) is 4.79 Å². The minimum Gasteiger partial charge on any atom is -0.444 e. The molecule has 0 aliphatic carbocycles. The van der Waals surface area contributed by atoms with E-state index in [0.29, 0.717) is 19.7 Å². The first-order valence-corrected chi connectivity index (χ1v) is 5.98. The van der Waals surface area contributed by atoms with Gasteiger partial charge in [0.1, 0.15) is 5.60 Å². The number of carbonyl (C=O) groups excluding carboxylic acids is 1. The lowest BCUT2D eigenvalue weighted by Crippen LogP contribution is -2.59. The van der Waals surface area contributed by atoms with Gasteiger partial charge in [-0.05, 0) is 34.6 Å². The van der Waals surface area contributed by atoms with Crippen LogP contribution in [0.5, 0.6) is 0 Å². The van der Waals surface area contributed by atoms with E-state index < -0.39 is 5.60 Å². The quantitative estimate of drug-likeness (QED) is 0.795. The van der Waals surface area contributed by atoms with E-state index in [2.05, 4.69) is 0 Å². The Balaban J connectivity index is 0.00000289. The normalized spacial score (nSPS) is 23.2. The van der Waals surface area contributed by atoms with Crippen molar-refractivity contribution >= 4 is 18.5 Å². The highest BCUT2D eigenvalue weighted by Crippen LogP contribution is 2.22. The van der Waals surface area contributed by atoms with Gasteiger partial charge in [-0.25, -0.2) is 4.79 Å². The highest BCUT2D eigenvalue weighted by molar-refractivity contribution is 5.85. The van der Waals surface area contributed by atoms with Gasteiger partial charge < -0.3 is 15.2 Å². The summed E-state index contributed by atoms with van der Waals surface area (Å²) in [6, 6.07) is -0.0992. The molecule has 0 saturated carbocycles. The van der Waals surface area contributed by atoms with Gasteiger partial charge in [-0.2, -0.15) is 0 Å². The second-order valence-corrected chi connectivity index (χ2v) is 6.07. The van der Waals surface area contributed by atoms with E-state index in [1.807, 2.05) is 34.6 Å². The molecule has 108 valence electrons. The Hall–Kier alpha value is -0.520. The number of amides is 1. The van der Waals surface area contributed by atoms with E-state index in [9.17, 15) is 4.79 Å². The van der Waals surface area contributed by atoms with E-state index in [1.165, 1.54) is 0 Å².